The summed E-state index contributed by atoms with van der Waals surface area (Å²) in [5.74, 6) is 0.633. The first-order chi connectivity index (χ1) is 7.44. The van der Waals surface area contributed by atoms with Gasteiger partial charge in [-0.3, -0.25) is 10.1 Å². The van der Waals surface area contributed by atoms with E-state index in [1.165, 1.54) is 12.3 Å². The van der Waals surface area contributed by atoms with Crippen molar-refractivity contribution in [2.75, 3.05) is 18.9 Å². The van der Waals surface area contributed by atoms with Crippen molar-refractivity contribution in [1.82, 2.24) is 10.3 Å². The maximum atomic E-state index is 10.4. The molecule has 0 aliphatic heterocycles. The van der Waals surface area contributed by atoms with Gasteiger partial charge < -0.3 is 10.6 Å². The van der Waals surface area contributed by atoms with E-state index in [1.807, 2.05) is 20.9 Å². The molecule has 16 heavy (non-hydrogen) atoms. The van der Waals surface area contributed by atoms with Gasteiger partial charge in [-0.2, -0.15) is 0 Å². The molecule has 1 aromatic heterocycles. The second-order valence-electron chi connectivity index (χ2n) is 4.15. The predicted octanol–water partition coefficient (Wildman–Crippen LogP) is 1.40. The summed E-state index contributed by atoms with van der Waals surface area (Å²) in [7, 11) is 1.88. The number of anilines is 1. The zero-order valence-electron chi connectivity index (χ0n) is 9.65. The first kappa shape index (κ1) is 12.4. The van der Waals surface area contributed by atoms with E-state index in [0.29, 0.717) is 12.4 Å². The number of nitrogens with one attached hydrogen (secondary N) is 2. The molecule has 0 atom stereocenters. The number of aromatic nitrogens is 1. The fraction of sp³-hybridized carbons (Fsp3) is 0.500. The van der Waals surface area contributed by atoms with Gasteiger partial charge in [-0.05, 0) is 27.0 Å². The highest BCUT2D eigenvalue weighted by Crippen LogP contribution is 2.12. The van der Waals surface area contributed by atoms with Crippen LogP contribution in [0.5, 0.6) is 0 Å². The van der Waals surface area contributed by atoms with Crippen LogP contribution in [-0.2, 0) is 0 Å². The van der Waals surface area contributed by atoms with E-state index in [9.17, 15) is 10.1 Å². The number of hydrogen-bond donors (Lipinski definition) is 2. The number of nitro groups is 1. The fourth-order valence-electron chi connectivity index (χ4n) is 0.999. The molecule has 88 valence electrons. The average molecular weight is 224 g/mol. The highest BCUT2D eigenvalue weighted by atomic mass is 16.6. The molecule has 0 bridgehead atoms. The number of pyridine rings is 1. The first-order valence-electron chi connectivity index (χ1n) is 4.98. The Morgan fingerprint density at radius 3 is 2.62 bits per heavy atom. The van der Waals surface area contributed by atoms with E-state index in [2.05, 4.69) is 15.6 Å². The molecule has 6 nitrogen and oxygen atoms in total. The Hall–Kier alpha value is -1.69. The average Bonchev–Trinajstić information content (AvgIpc) is 2.27. The quantitative estimate of drug-likeness (QED) is 0.583. The second kappa shape index (κ2) is 4.89. The molecule has 0 saturated carbocycles. The normalized spacial score (nSPS) is 11.2. The lowest BCUT2D eigenvalue weighted by atomic mass is 10.1. The van der Waals surface area contributed by atoms with Gasteiger partial charge in [0.25, 0.3) is 5.69 Å². The van der Waals surface area contributed by atoms with Crippen molar-refractivity contribution in [3.63, 3.8) is 0 Å². The van der Waals surface area contributed by atoms with Crippen molar-refractivity contribution in [2.24, 2.45) is 0 Å². The lowest BCUT2D eigenvalue weighted by Gasteiger charge is -2.24. The summed E-state index contributed by atoms with van der Waals surface area (Å²) in [4.78, 5) is 13.9. The zero-order valence-corrected chi connectivity index (χ0v) is 9.65. The summed E-state index contributed by atoms with van der Waals surface area (Å²) in [5.41, 5.74) is -0.0536. The van der Waals surface area contributed by atoms with Crippen molar-refractivity contribution in [2.45, 2.75) is 19.4 Å². The van der Waals surface area contributed by atoms with Gasteiger partial charge in [0.05, 0.1) is 4.92 Å². The molecule has 0 spiro atoms. The Morgan fingerprint density at radius 2 is 2.19 bits per heavy atom. The van der Waals surface area contributed by atoms with E-state index < -0.39 is 4.92 Å². The van der Waals surface area contributed by atoms with E-state index in [0.717, 1.165) is 0 Å². The monoisotopic (exact) mass is 224 g/mol. The van der Waals surface area contributed by atoms with Gasteiger partial charge in [0, 0.05) is 18.2 Å². The Bertz CT molecular complexity index is 362. The minimum absolute atomic E-state index is 0.00146. The number of likely N-dealkylation sites (N-methyl/N-ethyl adjacent to an activating group) is 1. The summed E-state index contributed by atoms with van der Waals surface area (Å²) >= 11 is 0. The summed E-state index contributed by atoms with van der Waals surface area (Å²) in [6, 6.07) is 3.03. The van der Waals surface area contributed by atoms with Crippen LogP contribution in [0, 0.1) is 10.1 Å². The molecule has 0 radical (unpaired) electrons. The third-order valence-corrected chi connectivity index (χ3v) is 2.35. The van der Waals surface area contributed by atoms with E-state index in [1.54, 1.807) is 6.07 Å². The standard InChI is InChI=1S/C10H16N4O2/c1-10(2,11-3)7-13-9-5-4-8(6-12-9)14(15)16/h4-6,11H,7H2,1-3H3,(H,12,13). The predicted molar refractivity (Wildman–Crippen MR) is 62.5 cm³/mol. The van der Waals surface area contributed by atoms with E-state index in [-0.39, 0.29) is 11.2 Å². The molecule has 0 unspecified atom stereocenters. The van der Waals surface area contributed by atoms with Crippen LogP contribution in [0.1, 0.15) is 13.8 Å². The second-order valence-corrected chi connectivity index (χ2v) is 4.15. The Balaban J connectivity index is 2.59. The molecule has 2 N–H and O–H groups in total. The van der Waals surface area contributed by atoms with Crippen LogP contribution in [-0.4, -0.2) is 29.0 Å². The van der Waals surface area contributed by atoms with Crippen molar-refractivity contribution in [3.8, 4) is 0 Å². The number of rotatable bonds is 5. The molecular formula is C10H16N4O2. The van der Waals surface area contributed by atoms with Crippen molar-refractivity contribution in [3.05, 3.63) is 28.4 Å². The fourth-order valence-corrected chi connectivity index (χ4v) is 0.999. The molecule has 6 heteroatoms. The van der Waals surface area contributed by atoms with Gasteiger partial charge >= 0.3 is 0 Å². The zero-order chi connectivity index (χ0) is 12.2. The molecule has 0 aliphatic rings. The van der Waals surface area contributed by atoms with Crippen LogP contribution in [0.2, 0.25) is 0 Å². The minimum atomic E-state index is -0.464. The summed E-state index contributed by atoms with van der Waals surface area (Å²) in [6.07, 6.45) is 1.24. The SMILES string of the molecule is CNC(C)(C)CNc1ccc([N+](=O)[O-])cn1. The van der Waals surface area contributed by atoms with Gasteiger partial charge in [-0.1, -0.05) is 0 Å². The van der Waals surface area contributed by atoms with Gasteiger partial charge in [0.15, 0.2) is 0 Å². The van der Waals surface area contributed by atoms with Crippen LogP contribution >= 0.6 is 0 Å². The van der Waals surface area contributed by atoms with Crippen molar-refractivity contribution >= 4 is 11.5 Å². The van der Waals surface area contributed by atoms with E-state index >= 15 is 0 Å². The van der Waals surface area contributed by atoms with Crippen LogP contribution in [0.25, 0.3) is 0 Å². The van der Waals surface area contributed by atoms with Crippen molar-refractivity contribution < 1.29 is 4.92 Å². The molecule has 1 rings (SSSR count). The van der Waals surface area contributed by atoms with E-state index in [4.69, 9.17) is 0 Å². The van der Waals surface area contributed by atoms with Crippen LogP contribution < -0.4 is 10.6 Å². The molecule has 1 aromatic rings. The summed E-state index contributed by atoms with van der Waals surface area (Å²) in [6.45, 7) is 4.78. The smallest absolute Gasteiger partial charge is 0.287 e. The van der Waals surface area contributed by atoms with Gasteiger partial charge in [-0.25, -0.2) is 4.98 Å². The van der Waals surface area contributed by atoms with Crippen LogP contribution in [0.3, 0.4) is 0 Å². The summed E-state index contributed by atoms with van der Waals surface area (Å²) < 4.78 is 0. The molecule has 0 saturated heterocycles. The van der Waals surface area contributed by atoms with Gasteiger partial charge in [0.2, 0.25) is 0 Å². The highest BCUT2D eigenvalue weighted by Gasteiger charge is 2.14. The largest absolute Gasteiger partial charge is 0.368 e. The summed E-state index contributed by atoms with van der Waals surface area (Å²) in [5, 5.41) is 16.7. The third kappa shape index (κ3) is 3.47. The topological polar surface area (TPSA) is 80.1 Å². The van der Waals surface area contributed by atoms with Gasteiger partial charge in [-0.15, -0.1) is 0 Å². The molecule has 1 heterocycles. The Kier molecular flexibility index (Phi) is 3.78. The highest BCUT2D eigenvalue weighted by molar-refractivity contribution is 5.40. The van der Waals surface area contributed by atoms with Gasteiger partial charge in [0.1, 0.15) is 12.0 Å². The maximum Gasteiger partial charge on any atom is 0.287 e. The maximum absolute atomic E-state index is 10.4. The molecule has 0 amide bonds. The molecule has 0 fully saturated rings. The minimum Gasteiger partial charge on any atom is -0.368 e. The Morgan fingerprint density at radius 1 is 1.50 bits per heavy atom. The van der Waals surface area contributed by atoms with Crippen LogP contribution in [0.4, 0.5) is 11.5 Å². The number of nitrogens with zero attached hydrogens (tertiary/aromatic N) is 2. The third-order valence-electron chi connectivity index (χ3n) is 2.35. The Labute approximate surface area is 94.2 Å². The van der Waals surface area contributed by atoms with Crippen molar-refractivity contribution in [1.29, 1.82) is 0 Å². The lowest BCUT2D eigenvalue weighted by molar-refractivity contribution is -0.385. The molecular weight excluding hydrogens is 208 g/mol. The first-order valence-corrected chi connectivity index (χ1v) is 4.98. The molecule has 0 aromatic carbocycles. The van der Waals surface area contributed by atoms with Crippen LogP contribution in [0.15, 0.2) is 18.3 Å². The molecule has 0 aliphatic carbocycles. The lowest BCUT2D eigenvalue weighted by Crippen LogP contribution is -2.42. The number of hydrogen-bond acceptors (Lipinski definition) is 5.